The molecule has 2 aromatic carbocycles. The van der Waals surface area contributed by atoms with Gasteiger partial charge in [-0.2, -0.15) is 0 Å². The Hall–Kier alpha value is -2.29. The maximum absolute atomic E-state index is 11.5. The zero-order valence-electron chi connectivity index (χ0n) is 17.3. The van der Waals surface area contributed by atoms with Gasteiger partial charge in [0.1, 0.15) is 5.75 Å². The Labute approximate surface area is 190 Å². The number of nitrogens with one attached hydrogen (secondary N) is 3. The summed E-state index contributed by atoms with van der Waals surface area (Å²) in [6.07, 6.45) is 1.01. The smallest absolute Gasteiger partial charge is 0.257 e. The van der Waals surface area contributed by atoms with E-state index in [2.05, 4.69) is 52.1 Å². The second kappa shape index (κ2) is 13.8. The van der Waals surface area contributed by atoms with Crippen LogP contribution in [0.15, 0.2) is 53.5 Å². The molecule has 0 fully saturated rings. The van der Waals surface area contributed by atoms with E-state index in [0.29, 0.717) is 18.8 Å². The van der Waals surface area contributed by atoms with Gasteiger partial charge in [0.2, 0.25) is 0 Å². The molecule has 7 heteroatoms. The predicted molar refractivity (Wildman–Crippen MR) is 129 cm³/mol. The van der Waals surface area contributed by atoms with Crippen molar-refractivity contribution in [3.63, 3.8) is 0 Å². The zero-order chi connectivity index (χ0) is 20.2. The minimum Gasteiger partial charge on any atom is -0.484 e. The van der Waals surface area contributed by atoms with E-state index >= 15 is 0 Å². The summed E-state index contributed by atoms with van der Waals surface area (Å²) in [5.74, 6) is 1.29. The van der Waals surface area contributed by atoms with E-state index in [1.165, 1.54) is 11.1 Å². The number of benzene rings is 2. The molecular formula is C22H31IN4O2. The lowest BCUT2D eigenvalue weighted by Crippen LogP contribution is -2.36. The lowest BCUT2D eigenvalue weighted by Gasteiger charge is -2.14. The third-order valence-corrected chi connectivity index (χ3v) is 4.27. The van der Waals surface area contributed by atoms with Crippen molar-refractivity contribution in [3.8, 4) is 5.75 Å². The highest BCUT2D eigenvalue weighted by molar-refractivity contribution is 14.0. The monoisotopic (exact) mass is 510 g/mol. The highest BCUT2D eigenvalue weighted by atomic mass is 127. The Kier molecular flexibility index (Phi) is 11.8. The molecule has 0 atom stereocenters. The van der Waals surface area contributed by atoms with E-state index in [4.69, 9.17) is 4.74 Å². The number of carbonyl (C=O) groups excluding carboxylic acids is 1. The first-order valence-corrected chi connectivity index (χ1v) is 9.66. The topological polar surface area (TPSA) is 74.8 Å². The molecule has 0 radical (unpaired) electrons. The van der Waals surface area contributed by atoms with E-state index in [9.17, 15) is 4.79 Å². The Morgan fingerprint density at radius 1 is 0.966 bits per heavy atom. The van der Waals surface area contributed by atoms with Crippen LogP contribution in [0.1, 0.15) is 30.5 Å². The van der Waals surface area contributed by atoms with Crippen molar-refractivity contribution in [3.05, 3.63) is 65.2 Å². The van der Waals surface area contributed by atoms with Crippen molar-refractivity contribution in [2.24, 2.45) is 4.99 Å². The number of aryl methyl sites for hydroxylation is 1. The molecule has 0 aliphatic heterocycles. The maximum atomic E-state index is 11.5. The fraction of sp³-hybridized carbons (Fsp3) is 0.364. The number of ether oxygens (including phenoxy) is 1. The molecule has 0 heterocycles. The average Bonchev–Trinajstić information content (AvgIpc) is 2.73. The number of hydrogen-bond acceptors (Lipinski definition) is 3. The molecule has 0 spiro atoms. The first kappa shape index (κ1) is 24.7. The molecular weight excluding hydrogens is 479 g/mol. The summed E-state index contributed by atoms with van der Waals surface area (Å²) in [5, 5.41) is 9.38. The van der Waals surface area contributed by atoms with Crippen molar-refractivity contribution in [2.45, 2.75) is 33.4 Å². The van der Waals surface area contributed by atoms with Crippen molar-refractivity contribution in [1.29, 1.82) is 0 Å². The second-order valence-corrected chi connectivity index (χ2v) is 6.29. The Morgan fingerprint density at radius 3 is 2.38 bits per heavy atom. The first-order chi connectivity index (χ1) is 13.7. The van der Waals surface area contributed by atoms with E-state index in [-0.39, 0.29) is 36.5 Å². The summed E-state index contributed by atoms with van der Waals surface area (Å²) in [6, 6.07) is 16.1. The van der Waals surface area contributed by atoms with Gasteiger partial charge in [0.25, 0.3) is 5.91 Å². The van der Waals surface area contributed by atoms with E-state index < -0.39 is 0 Å². The Balaban J connectivity index is 0.00000420. The van der Waals surface area contributed by atoms with Crippen LogP contribution in [0.3, 0.4) is 0 Å². The Morgan fingerprint density at radius 2 is 1.69 bits per heavy atom. The van der Waals surface area contributed by atoms with Crippen LogP contribution in [0, 0.1) is 0 Å². The molecule has 0 aromatic heterocycles. The predicted octanol–water partition coefficient (Wildman–Crippen LogP) is 3.25. The van der Waals surface area contributed by atoms with E-state index in [1.54, 1.807) is 7.05 Å². The molecule has 0 unspecified atom stereocenters. The highest BCUT2D eigenvalue weighted by Gasteiger charge is 2.04. The van der Waals surface area contributed by atoms with Crippen molar-refractivity contribution >= 4 is 35.8 Å². The number of halogens is 1. The van der Waals surface area contributed by atoms with Crippen LogP contribution in [0.4, 0.5) is 0 Å². The molecule has 2 aromatic rings. The molecule has 29 heavy (non-hydrogen) atoms. The van der Waals surface area contributed by atoms with Crippen LogP contribution < -0.4 is 20.7 Å². The summed E-state index contributed by atoms with van der Waals surface area (Å²) in [7, 11) is 1.76. The van der Waals surface area contributed by atoms with Crippen LogP contribution in [0.25, 0.3) is 0 Å². The minimum absolute atomic E-state index is 0. The van der Waals surface area contributed by atoms with Crippen molar-refractivity contribution < 1.29 is 9.53 Å². The molecule has 0 bridgehead atoms. The summed E-state index contributed by atoms with van der Waals surface area (Å²) < 4.78 is 5.54. The fourth-order valence-electron chi connectivity index (χ4n) is 2.80. The van der Waals surface area contributed by atoms with Crippen molar-refractivity contribution in [1.82, 2.24) is 16.0 Å². The van der Waals surface area contributed by atoms with Gasteiger partial charge in [0.05, 0.1) is 0 Å². The second-order valence-electron chi connectivity index (χ2n) is 6.29. The molecule has 6 nitrogen and oxygen atoms in total. The standard InChI is InChI=1S/C22H30N4O2.HI/c1-4-18-10-6-7-11-19(18)15-26-22(23-3)25-14-17-9-8-12-20(13-17)28-16-21(27)24-5-2;/h6-13H,4-5,14-16H2,1-3H3,(H,24,27)(H2,23,25,26);1H. The third-order valence-electron chi connectivity index (χ3n) is 4.27. The van der Waals surface area contributed by atoms with Gasteiger partial charge in [-0.15, -0.1) is 24.0 Å². The summed E-state index contributed by atoms with van der Waals surface area (Å²) in [5.41, 5.74) is 3.65. The molecule has 2 rings (SSSR count). The van der Waals surface area contributed by atoms with Gasteiger partial charge in [-0.25, -0.2) is 0 Å². The SMILES string of the molecule is CCNC(=O)COc1cccc(CNC(=NC)NCc2ccccc2CC)c1.I. The molecule has 0 saturated heterocycles. The van der Waals surface area contributed by atoms with Gasteiger partial charge in [0.15, 0.2) is 12.6 Å². The van der Waals surface area contributed by atoms with Crippen LogP contribution in [-0.2, 0) is 24.3 Å². The molecule has 0 aliphatic rings. The number of carbonyl (C=O) groups is 1. The number of rotatable bonds is 9. The molecule has 3 N–H and O–H groups in total. The van der Waals surface area contributed by atoms with E-state index in [1.807, 2.05) is 31.2 Å². The van der Waals surface area contributed by atoms with Gasteiger partial charge in [-0.05, 0) is 42.2 Å². The zero-order valence-corrected chi connectivity index (χ0v) is 19.7. The fourth-order valence-corrected chi connectivity index (χ4v) is 2.80. The number of aliphatic imine (C=N–C) groups is 1. The number of likely N-dealkylation sites (N-methyl/N-ethyl adjacent to an activating group) is 1. The summed E-state index contributed by atoms with van der Waals surface area (Å²) in [6.45, 7) is 5.98. The largest absolute Gasteiger partial charge is 0.484 e. The van der Waals surface area contributed by atoms with Gasteiger partial charge >= 0.3 is 0 Å². The van der Waals surface area contributed by atoms with Crippen molar-refractivity contribution in [2.75, 3.05) is 20.2 Å². The number of amides is 1. The first-order valence-electron chi connectivity index (χ1n) is 9.66. The molecule has 158 valence electrons. The normalized spacial score (nSPS) is 10.7. The molecule has 0 aliphatic carbocycles. The molecule has 1 amide bonds. The highest BCUT2D eigenvalue weighted by Crippen LogP contribution is 2.13. The maximum Gasteiger partial charge on any atom is 0.257 e. The summed E-state index contributed by atoms with van der Waals surface area (Å²) in [4.78, 5) is 15.8. The quantitative estimate of drug-likeness (QED) is 0.275. The van der Waals surface area contributed by atoms with Gasteiger partial charge < -0.3 is 20.7 Å². The lowest BCUT2D eigenvalue weighted by molar-refractivity contribution is -0.122. The van der Waals surface area contributed by atoms with Crippen LogP contribution in [-0.4, -0.2) is 32.1 Å². The van der Waals surface area contributed by atoms with Crippen LogP contribution >= 0.6 is 24.0 Å². The average molecular weight is 510 g/mol. The molecule has 0 saturated carbocycles. The third kappa shape index (κ3) is 8.72. The van der Waals surface area contributed by atoms with Crippen LogP contribution in [0.2, 0.25) is 0 Å². The van der Waals surface area contributed by atoms with Crippen LogP contribution in [0.5, 0.6) is 5.75 Å². The van der Waals surface area contributed by atoms with Gasteiger partial charge in [0, 0.05) is 26.7 Å². The van der Waals surface area contributed by atoms with E-state index in [0.717, 1.165) is 24.5 Å². The summed E-state index contributed by atoms with van der Waals surface area (Å²) >= 11 is 0. The van der Waals surface area contributed by atoms with Gasteiger partial charge in [-0.1, -0.05) is 43.3 Å². The Bertz CT molecular complexity index is 796. The lowest BCUT2D eigenvalue weighted by atomic mass is 10.1. The minimum atomic E-state index is -0.122. The number of nitrogens with zero attached hydrogens (tertiary/aromatic N) is 1. The number of hydrogen-bond donors (Lipinski definition) is 3. The van der Waals surface area contributed by atoms with Gasteiger partial charge in [-0.3, -0.25) is 9.79 Å². The number of guanidine groups is 1.